The molecule has 0 radical (unpaired) electrons. The number of anilines is 2. The predicted octanol–water partition coefficient (Wildman–Crippen LogP) is 2.42. The zero-order valence-electron chi connectivity index (χ0n) is 9.82. The molecule has 0 fully saturated rings. The molecule has 1 aromatic carbocycles. The summed E-state index contributed by atoms with van der Waals surface area (Å²) >= 11 is 0. The maximum absolute atomic E-state index is 10.8. The fourth-order valence-corrected chi connectivity index (χ4v) is 1.28. The van der Waals surface area contributed by atoms with Crippen LogP contribution in [0.1, 0.15) is 31.1 Å². The molecule has 0 aliphatic rings. The van der Waals surface area contributed by atoms with Gasteiger partial charge in [-0.25, -0.2) is 4.79 Å². The molecular formula is C12H18N2O2. The number of carboxylic acids is 1. The summed E-state index contributed by atoms with van der Waals surface area (Å²) in [6.45, 7) is 6.31. The highest BCUT2D eigenvalue weighted by Crippen LogP contribution is 2.19. The van der Waals surface area contributed by atoms with Crippen molar-refractivity contribution in [3.8, 4) is 0 Å². The van der Waals surface area contributed by atoms with Crippen LogP contribution < -0.4 is 11.1 Å². The number of carbonyl (C=O) groups is 1. The molecule has 1 atom stereocenters. The number of rotatable bonds is 4. The minimum atomic E-state index is -0.999. The van der Waals surface area contributed by atoms with Crippen LogP contribution in [0.25, 0.3) is 0 Å². The molecule has 1 aromatic rings. The van der Waals surface area contributed by atoms with E-state index < -0.39 is 5.97 Å². The Morgan fingerprint density at radius 1 is 1.38 bits per heavy atom. The molecule has 0 aromatic heterocycles. The minimum absolute atomic E-state index is 0.141. The normalized spacial score (nSPS) is 12.5. The van der Waals surface area contributed by atoms with Crippen LogP contribution in [-0.2, 0) is 0 Å². The van der Waals surface area contributed by atoms with E-state index in [0.29, 0.717) is 12.0 Å². The number of benzene rings is 1. The summed E-state index contributed by atoms with van der Waals surface area (Å²) in [6, 6.07) is 5.23. The van der Waals surface area contributed by atoms with Crippen molar-refractivity contribution in [3.63, 3.8) is 0 Å². The molecule has 1 unspecified atom stereocenters. The van der Waals surface area contributed by atoms with Gasteiger partial charge in [-0.1, -0.05) is 13.8 Å². The summed E-state index contributed by atoms with van der Waals surface area (Å²) in [7, 11) is 0. The van der Waals surface area contributed by atoms with E-state index in [4.69, 9.17) is 10.8 Å². The fourth-order valence-electron chi connectivity index (χ4n) is 1.28. The lowest BCUT2D eigenvalue weighted by Gasteiger charge is -2.19. The third-order valence-electron chi connectivity index (χ3n) is 2.68. The van der Waals surface area contributed by atoms with Crippen molar-refractivity contribution in [2.75, 3.05) is 11.1 Å². The first-order valence-corrected chi connectivity index (χ1v) is 5.31. The Labute approximate surface area is 95.5 Å². The van der Waals surface area contributed by atoms with Crippen LogP contribution >= 0.6 is 0 Å². The maximum atomic E-state index is 10.8. The van der Waals surface area contributed by atoms with Gasteiger partial charge in [0.25, 0.3) is 0 Å². The molecule has 0 saturated heterocycles. The second-order valence-corrected chi connectivity index (χ2v) is 4.28. The first-order chi connectivity index (χ1) is 7.41. The van der Waals surface area contributed by atoms with Gasteiger partial charge in [0.1, 0.15) is 0 Å². The average Bonchev–Trinajstić information content (AvgIpc) is 2.16. The summed E-state index contributed by atoms with van der Waals surface area (Å²) in [5.74, 6) is -0.499. The number of nitrogens with two attached hydrogens (primary N) is 1. The maximum Gasteiger partial charge on any atom is 0.337 e. The van der Waals surface area contributed by atoms with Crippen molar-refractivity contribution in [2.45, 2.75) is 26.8 Å². The van der Waals surface area contributed by atoms with Gasteiger partial charge in [0.15, 0.2) is 0 Å². The quantitative estimate of drug-likeness (QED) is 0.684. The van der Waals surface area contributed by atoms with Crippen molar-refractivity contribution < 1.29 is 9.90 Å². The van der Waals surface area contributed by atoms with E-state index in [1.165, 1.54) is 6.07 Å². The molecule has 1 rings (SSSR count). The average molecular weight is 222 g/mol. The molecule has 0 amide bonds. The molecule has 88 valence electrons. The van der Waals surface area contributed by atoms with Gasteiger partial charge >= 0.3 is 5.97 Å². The number of aromatic carboxylic acids is 1. The topological polar surface area (TPSA) is 75.3 Å². The number of nitrogen functional groups attached to an aromatic ring is 1. The van der Waals surface area contributed by atoms with Crippen LogP contribution in [0.4, 0.5) is 11.4 Å². The van der Waals surface area contributed by atoms with E-state index in [1.807, 2.05) is 0 Å². The first kappa shape index (κ1) is 12.4. The van der Waals surface area contributed by atoms with Gasteiger partial charge in [-0.15, -0.1) is 0 Å². The minimum Gasteiger partial charge on any atom is -0.478 e. The second-order valence-electron chi connectivity index (χ2n) is 4.28. The lowest BCUT2D eigenvalue weighted by atomic mass is 10.1. The fraction of sp³-hybridized carbons (Fsp3) is 0.417. The van der Waals surface area contributed by atoms with Gasteiger partial charge in [0, 0.05) is 17.4 Å². The van der Waals surface area contributed by atoms with Gasteiger partial charge in [-0.05, 0) is 31.0 Å². The molecule has 0 heterocycles. The molecule has 4 heteroatoms. The SMILES string of the molecule is CC(C)C(C)Nc1ccc(C(=O)O)c(N)c1. The third kappa shape index (κ3) is 2.89. The smallest absolute Gasteiger partial charge is 0.337 e. The Morgan fingerprint density at radius 3 is 2.44 bits per heavy atom. The van der Waals surface area contributed by atoms with Gasteiger partial charge in [-0.2, -0.15) is 0 Å². The van der Waals surface area contributed by atoms with Crippen molar-refractivity contribution in [1.82, 2.24) is 0 Å². The van der Waals surface area contributed by atoms with Crippen LogP contribution in [0.5, 0.6) is 0 Å². The second kappa shape index (κ2) is 4.88. The summed E-state index contributed by atoms with van der Waals surface area (Å²) in [5.41, 5.74) is 6.93. The van der Waals surface area contributed by atoms with Crippen LogP contribution in [0, 0.1) is 5.92 Å². The summed E-state index contributed by atoms with van der Waals surface area (Å²) in [6.07, 6.45) is 0. The largest absolute Gasteiger partial charge is 0.478 e. The Balaban J connectivity index is 2.85. The Kier molecular flexibility index (Phi) is 3.77. The van der Waals surface area contributed by atoms with E-state index in [0.717, 1.165) is 5.69 Å². The summed E-state index contributed by atoms with van der Waals surface area (Å²) in [5, 5.41) is 12.1. The molecule has 0 spiro atoms. The van der Waals surface area contributed by atoms with E-state index in [2.05, 4.69) is 26.1 Å². The summed E-state index contributed by atoms with van der Waals surface area (Å²) < 4.78 is 0. The van der Waals surface area contributed by atoms with Gasteiger partial charge in [-0.3, -0.25) is 0 Å². The molecule has 4 nitrogen and oxygen atoms in total. The predicted molar refractivity (Wildman–Crippen MR) is 65.7 cm³/mol. The van der Waals surface area contributed by atoms with E-state index in [1.54, 1.807) is 12.1 Å². The van der Waals surface area contributed by atoms with Crippen LogP contribution in [0.2, 0.25) is 0 Å². The molecule has 0 bridgehead atoms. The molecule has 0 aliphatic carbocycles. The molecule has 16 heavy (non-hydrogen) atoms. The highest BCUT2D eigenvalue weighted by molar-refractivity contribution is 5.94. The zero-order chi connectivity index (χ0) is 12.3. The number of hydrogen-bond donors (Lipinski definition) is 3. The Bertz CT molecular complexity index is 389. The highest BCUT2D eigenvalue weighted by atomic mass is 16.4. The van der Waals surface area contributed by atoms with Gasteiger partial charge in [0.2, 0.25) is 0 Å². The van der Waals surface area contributed by atoms with Gasteiger partial charge < -0.3 is 16.2 Å². The van der Waals surface area contributed by atoms with Crippen molar-refractivity contribution in [1.29, 1.82) is 0 Å². The molecule has 0 saturated carbocycles. The zero-order valence-corrected chi connectivity index (χ0v) is 9.82. The van der Waals surface area contributed by atoms with Crippen LogP contribution in [0.3, 0.4) is 0 Å². The van der Waals surface area contributed by atoms with E-state index in [-0.39, 0.29) is 11.3 Å². The lowest BCUT2D eigenvalue weighted by molar-refractivity contribution is 0.0698. The number of hydrogen-bond acceptors (Lipinski definition) is 3. The number of carboxylic acid groups (broad SMARTS) is 1. The first-order valence-electron chi connectivity index (χ1n) is 5.31. The van der Waals surface area contributed by atoms with E-state index in [9.17, 15) is 4.79 Å². The third-order valence-corrected chi connectivity index (χ3v) is 2.68. The molecule has 4 N–H and O–H groups in total. The highest BCUT2D eigenvalue weighted by Gasteiger charge is 2.10. The Morgan fingerprint density at radius 2 is 2.00 bits per heavy atom. The van der Waals surface area contributed by atoms with E-state index >= 15 is 0 Å². The standard InChI is InChI=1S/C12H18N2O2/c1-7(2)8(3)14-9-4-5-10(12(15)16)11(13)6-9/h4-8,14H,13H2,1-3H3,(H,15,16). The number of nitrogens with one attached hydrogen (secondary N) is 1. The van der Waals surface area contributed by atoms with Crippen LogP contribution in [-0.4, -0.2) is 17.1 Å². The monoisotopic (exact) mass is 222 g/mol. The van der Waals surface area contributed by atoms with Crippen LogP contribution in [0.15, 0.2) is 18.2 Å². The van der Waals surface area contributed by atoms with Crippen molar-refractivity contribution in [2.24, 2.45) is 5.92 Å². The summed E-state index contributed by atoms with van der Waals surface area (Å²) in [4.78, 5) is 10.8. The molecule has 0 aliphatic heterocycles. The van der Waals surface area contributed by atoms with Crippen molar-refractivity contribution >= 4 is 17.3 Å². The lowest BCUT2D eigenvalue weighted by Crippen LogP contribution is -2.21. The van der Waals surface area contributed by atoms with Crippen molar-refractivity contribution in [3.05, 3.63) is 23.8 Å². The Hall–Kier alpha value is -1.71. The van der Waals surface area contributed by atoms with Gasteiger partial charge in [0.05, 0.1) is 5.56 Å². The molecular weight excluding hydrogens is 204 g/mol.